The van der Waals surface area contributed by atoms with Gasteiger partial charge in [0.15, 0.2) is 5.69 Å². The number of ether oxygens (including phenoxy) is 1. The van der Waals surface area contributed by atoms with Crippen molar-refractivity contribution in [1.29, 1.82) is 0 Å². The van der Waals surface area contributed by atoms with Gasteiger partial charge in [-0.05, 0) is 43.4 Å². The Hall–Kier alpha value is -2.64. The number of carbonyl (C=O) groups excluding carboxylic acids is 1. The largest absolute Gasteiger partial charge is 0.447 e. The zero-order valence-electron chi connectivity index (χ0n) is 17.1. The van der Waals surface area contributed by atoms with E-state index in [1.165, 1.54) is 18.7 Å². The maximum atomic E-state index is 12.9. The Kier molecular flexibility index (Phi) is 5.66. The van der Waals surface area contributed by atoms with E-state index in [0.717, 1.165) is 33.7 Å². The zero-order valence-corrected chi connectivity index (χ0v) is 18.7. The number of anilines is 1. The topological polar surface area (TPSA) is 68.2 Å². The van der Waals surface area contributed by atoms with Crippen molar-refractivity contribution in [2.24, 2.45) is 0 Å². The number of aryl methyl sites for hydroxylation is 2. The molecular weight excluding hydrogens is 420 g/mol. The maximum absolute atomic E-state index is 12.9. The van der Waals surface area contributed by atoms with Gasteiger partial charge < -0.3 is 4.74 Å². The number of hydrogen-bond donors (Lipinski definition) is 0. The summed E-state index contributed by atoms with van der Waals surface area (Å²) in [4.78, 5) is 19.1. The van der Waals surface area contributed by atoms with Crippen LogP contribution in [0, 0.1) is 13.8 Å². The Bertz CT molecular complexity index is 1120. The highest BCUT2D eigenvalue weighted by atomic mass is 35.5. The summed E-state index contributed by atoms with van der Waals surface area (Å²) in [7, 11) is 0. The lowest BCUT2D eigenvalue weighted by atomic mass is 10.00. The number of hydrogen-bond acceptors (Lipinski definition) is 6. The van der Waals surface area contributed by atoms with Crippen LogP contribution in [0.4, 0.5) is 5.69 Å². The molecule has 1 aromatic heterocycles. The van der Waals surface area contributed by atoms with Gasteiger partial charge in [-0.1, -0.05) is 54.0 Å². The van der Waals surface area contributed by atoms with E-state index in [1.54, 1.807) is 17.0 Å². The van der Waals surface area contributed by atoms with Crippen molar-refractivity contribution in [3.8, 4) is 17.1 Å². The highest BCUT2D eigenvalue weighted by molar-refractivity contribution is 7.99. The van der Waals surface area contributed by atoms with Gasteiger partial charge in [0.2, 0.25) is 23.2 Å². The first-order valence-electron chi connectivity index (χ1n) is 9.60. The number of halogens is 1. The average molecular weight is 441 g/mol. The van der Waals surface area contributed by atoms with E-state index in [2.05, 4.69) is 15.2 Å². The Labute approximate surface area is 184 Å². The summed E-state index contributed by atoms with van der Waals surface area (Å²) in [5, 5.41) is 9.85. The van der Waals surface area contributed by atoms with E-state index in [9.17, 15) is 4.79 Å². The number of aromatic nitrogens is 3. The van der Waals surface area contributed by atoms with Crippen LogP contribution in [0.3, 0.4) is 0 Å². The molecule has 154 valence electrons. The van der Waals surface area contributed by atoms with Gasteiger partial charge in [-0.15, -0.1) is 10.2 Å². The summed E-state index contributed by atoms with van der Waals surface area (Å²) in [5.41, 5.74) is 4.85. The minimum absolute atomic E-state index is 0.146. The second-order valence-electron chi connectivity index (χ2n) is 7.07. The van der Waals surface area contributed by atoms with Crippen molar-refractivity contribution >= 4 is 35.0 Å². The third-order valence-corrected chi connectivity index (χ3v) is 5.77. The molecular formula is C22H21ClN4O2S. The third-order valence-electron chi connectivity index (χ3n) is 4.80. The van der Waals surface area contributed by atoms with Crippen LogP contribution in [0.15, 0.2) is 41.6 Å². The van der Waals surface area contributed by atoms with Crippen molar-refractivity contribution in [1.82, 2.24) is 15.2 Å². The molecule has 0 fully saturated rings. The molecule has 2 aromatic carbocycles. The lowest BCUT2D eigenvalue weighted by Crippen LogP contribution is -2.36. The molecule has 0 spiro atoms. The quantitative estimate of drug-likeness (QED) is 0.510. The molecule has 1 atom stereocenters. The number of fused-ring (bicyclic) bond motifs is 3. The predicted molar refractivity (Wildman–Crippen MR) is 119 cm³/mol. The van der Waals surface area contributed by atoms with Crippen LogP contribution >= 0.6 is 23.4 Å². The van der Waals surface area contributed by atoms with Gasteiger partial charge in [0.1, 0.15) is 0 Å². The van der Waals surface area contributed by atoms with Crippen LogP contribution in [0.25, 0.3) is 11.3 Å². The van der Waals surface area contributed by atoms with Crippen molar-refractivity contribution in [2.45, 2.75) is 39.1 Å². The molecule has 0 bridgehead atoms. The Morgan fingerprint density at radius 3 is 2.60 bits per heavy atom. The first-order valence-corrected chi connectivity index (χ1v) is 11.0. The number of nitrogens with zero attached hydrogens (tertiary/aromatic N) is 4. The van der Waals surface area contributed by atoms with E-state index >= 15 is 0 Å². The number of carbonyl (C=O) groups is 1. The summed E-state index contributed by atoms with van der Waals surface area (Å²) < 4.78 is 6.36. The van der Waals surface area contributed by atoms with Gasteiger partial charge in [-0.2, -0.15) is 4.98 Å². The van der Waals surface area contributed by atoms with Crippen molar-refractivity contribution in [3.63, 3.8) is 0 Å². The SMILES string of the molecule is CCSc1nnc2c(n1)O[C@@H](c1ccc(Cl)cc1)N(C(C)=O)c1c(C)cc(C)cc1-2. The zero-order chi connectivity index (χ0) is 21.4. The third kappa shape index (κ3) is 3.75. The van der Waals surface area contributed by atoms with Crippen LogP contribution in [-0.4, -0.2) is 26.8 Å². The molecule has 0 aliphatic carbocycles. The van der Waals surface area contributed by atoms with Crippen LogP contribution in [-0.2, 0) is 4.79 Å². The Morgan fingerprint density at radius 1 is 1.20 bits per heavy atom. The van der Waals surface area contributed by atoms with Gasteiger partial charge in [0, 0.05) is 23.1 Å². The average Bonchev–Trinajstić information content (AvgIpc) is 2.83. The molecule has 4 rings (SSSR count). The van der Waals surface area contributed by atoms with Gasteiger partial charge in [0.25, 0.3) is 0 Å². The van der Waals surface area contributed by atoms with Crippen LogP contribution in [0.5, 0.6) is 5.88 Å². The fourth-order valence-corrected chi connectivity index (χ4v) is 4.27. The van der Waals surface area contributed by atoms with Crippen LogP contribution in [0.2, 0.25) is 5.02 Å². The first kappa shape index (κ1) is 20.6. The van der Waals surface area contributed by atoms with Crippen molar-refractivity contribution in [3.05, 3.63) is 58.1 Å². The molecule has 0 radical (unpaired) electrons. The van der Waals surface area contributed by atoms with Gasteiger partial charge in [0.05, 0.1) is 5.69 Å². The fraction of sp³-hybridized carbons (Fsp3) is 0.273. The molecule has 0 N–H and O–H groups in total. The number of benzene rings is 2. The minimum Gasteiger partial charge on any atom is -0.447 e. The first-order chi connectivity index (χ1) is 14.4. The molecule has 6 nitrogen and oxygen atoms in total. The fourth-order valence-electron chi connectivity index (χ4n) is 3.64. The molecule has 0 unspecified atom stereocenters. The molecule has 30 heavy (non-hydrogen) atoms. The van der Waals surface area contributed by atoms with Gasteiger partial charge in [-0.3, -0.25) is 9.69 Å². The van der Waals surface area contributed by atoms with Gasteiger partial charge >= 0.3 is 0 Å². The number of thioether (sulfide) groups is 1. The molecule has 2 heterocycles. The normalized spacial score (nSPS) is 15.1. The number of amides is 1. The molecule has 8 heteroatoms. The van der Waals surface area contributed by atoms with Crippen molar-refractivity contribution < 1.29 is 9.53 Å². The van der Waals surface area contributed by atoms with E-state index in [0.29, 0.717) is 21.8 Å². The summed E-state index contributed by atoms with van der Waals surface area (Å²) in [6.45, 7) is 7.54. The molecule has 1 amide bonds. The van der Waals surface area contributed by atoms with E-state index in [1.807, 2.05) is 45.0 Å². The summed E-state index contributed by atoms with van der Waals surface area (Å²) in [5.74, 6) is 1.03. The van der Waals surface area contributed by atoms with Gasteiger partial charge in [-0.25, -0.2) is 0 Å². The highest BCUT2D eigenvalue weighted by Crippen LogP contribution is 2.45. The van der Waals surface area contributed by atoms with E-state index in [-0.39, 0.29) is 5.91 Å². The number of rotatable bonds is 3. The Morgan fingerprint density at radius 2 is 1.93 bits per heavy atom. The maximum Gasteiger partial charge on any atom is 0.247 e. The smallest absolute Gasteiger partial charge is 0.247 e. The standard InChI is InChI=1S/C22H21ClN4O2S/c1-5-30-22-24-20-18(25-26-22)17-11-12(2)10-13(3)19(17)27(14(4)28)21(29-20)15-6-8-16(23)9-7-15/h6-11,21H,5H2,1-4H3/t21-/m0/s1. The van der Waals surface area contributed by atoms with Crippen LogP contribution in [0.1, 0.15) is 36.8 Å². The van der Waals surface area contributed by atoms with E-state index in [4.69, 9.17) is 16.3 Å². The summed E-state index contributed by atoms with van der Waals surface area (Å²) in [6, 6.07) is 11.3. The second-order valence-corrected chi connectivity index (χ2v) is 8.74. The second kappa shape index (κ2) is 8.24. The molecule has 0 saturated heterocycles. The van der Waals surface area contributed by atoms with E-state index < -0.39 is 6.23 Å². The summed E-state index contributed by atoms with van der Waals surface area (Å²) in [6.07, 6.45) is -0.711. The summed E-state index contributed by atoms with van der Waals surface area (Å²) >= 11 is 7.57. The lowest BCUT2D eigenvalue weighted by Gasteiger charge is -2.31. The lowest BCUT2D eigenvalue weighted by molar-refractivity contribution is -0.118. The molecule has 3 aromatic rings. The Balaban J connectivity index is 2.00. The van der Waals surface area contributed by atoms with Crippen molar-refractivity contribution in [2.75, 3.05) is 10.7 Å². The highest BCUT2D eigenvalue weighted by Gasteiger charge is 2.35. The molecule has 1 aliphatic heterocycles. The predicted octanol–water partition coefficient (Wildman–Crippen LogP) is 5.36. The molecule has 0 saturated carbocycles. The molecule has 1 aliphatic rings. The minimum atomic E-state index is -0.711. The van der Waals surface area contributed by atoms with Crippen LogP contribution < -0.4 is 9.64 Å². The monoisotopic (exact) mass is 440 g/mol.